The summed E-state index contributed by atoms with van der Waals surface area (Å²) in [7, 11) is 0. The largest absolute Gasteiger partial charge is 0.362 e. The van der Waals surface area contributed by atoms with Crippen LogP contribution in [0.3, 0.4) is 0 Å². The molecular formula is C17H13F2N3. The first-order valence-electron chi connectivity index (χ1n) is 6.92. The van der Waals surface area contributed by atoms with Crippen LogP contribution in [0.15, 0.2) is 42.7 Å². The quantitative estimate of drug-likeness (QED) is 0.851. The Kier molecular flexibility index (Phi) is 3.84. The van der Waals surface area contributed by atoms with E-state index in [1.807, 2.05) is 12.1 Å². The molecule has 0 unspecified atom stereocenters. The summed E-state index contributed by atoms with van der Waals surface area (Å²) in [4.78, 5) is 5.64. The number of hydrogen-bond acceptors (Lipinski definition) is 3. The van der Waals surface area contributed by atoms with Crippen molar-refractivity contribution in [2.45, 2.75) is 6.42 Å². The van der Waals surface area contributed by atoms with E-state index in [1.165, 1.54) is 0 Å². The molecule has 0 spiro atoms. The van der Waals surface area contributed by atoms with Gasteiger partial charge in [-0.3, -0.25) is 4.98 Å². The lowest BCUT2D eigenvalue weighted by Gasteiger charge is -2.30. The molecule has 1 aliphatic rings. The van der Waals surface area contributed by atoms with E-state index in [4.69, 9.17) is 5.26 Å². The normalized spacial score (nSPS) is 14.4. The third-order valence-corrected chi connectivity index (χ3v) is 3.66. The summed E-state index contributed by atoms with van der Waals surface area (Å²) in [5.74, 6) is -1.40. The molecule has 3 nitrogen and oxygen atoms in total. The number of anilines is 1. The van der Waals surface area contributed by atoms with Crippen molar-refractivity contribution in [3.8, 4) is 6.07 Å². The van der Waals surface area contributed by atoms with Crippen LogP contribution in [0.4, 0.5) is 14.5 Å². The fourth-order valence-corrected chi connectivity index (χ4v) is 2.64. The average molecular weight is 297 g/mol. The minimum atomic E-state index is -0.701. The van der Waals surface area contributed by atoms with Crippen molar-refractivity contribution in [3.63, 3.8) is 0 Å². The van der Waals surface area contributed by atoms with E-state index < -0.39 is 11.6 Å². The Morgan fingerprint density at radius 1 is 1.14 bits per heavy atom. The maximum atomic E-state index is 14.1. The zero-order chi connectivity index (χ0) is 15.5. The summed E-state index contributed by atoms with van der Waals surface area (Å²) in [6, 6.07) is 7.65. The molecule has 0 saturated carbocycles. The van der Waals surface area contributed by atoms with Crippen LogP contribution in [0.25, 0.3) is 5.57 Å². The highest BCUT2D eigenvalue weighted by atomic mass is 19.1. The van der Waals surface area contributed by atoms with Crippen molar-refractivity contribution >= 4 is 11.3 Å². The van der Waals surface area contributed by atoms with Gasteiger partial charge in [0.25, 0.3) is 0 Å². The van der Waals surface area contributed by atoms with E-state index in [2.05, 4.69) is 11.1 Å². The molecule has 2 heterocycles. The number of rotatable bonds is 2. The zero-order valence-corrected chi connectivity index (χ0v) is 11.8. The fraction of sp³-hybridized carbons (Fsp3) is 0.176. The number of nitriles is 1. The molecule has 0 radical (unpaired) electrons. The Labute approximate surface area is 127 Å². The lowest BCUT2D eigenvalue weighted by Crippen LogP contribution is -2.31. The second-order valence-electron chi connectivity index (χ2n) is 5.08. The molecule has 1 aromatic heterocycles. The summed E-state index contributed by atoms with van der Waals surface area (Å²) in [6.45, 7) is 0.956. The van der Waals surface area contributed by atoms with Crippen LogP contribution in [0.1, 0.15) is 17.5 Å². The van der Waals surface area contributed by atoms with Gasteiger partial charge < -0.3 is 4.90 Å². The van der Waals surface area contributed by atoms with Gasteiger partial charge >= 0.3 is 0 Å². The molecular weight excluding hydrogens is 284 g/mol. The molecule has 0 fully saturated rings. The standard InChI is InChI=1S/C17H13F2N3/c18-15-8-12(10-20)9-16(19)17(15)22-7-1-2-14(11-22)13-3-5-21-6-4-13/h2-6,8-9H,1,7,11H2. The first-order valence-corrected chi connectivity index (χ1v) is 6.92. The van der Waals surface area contributed by atoms with Crippen LogP contribution >= 0.6 is 0 Å². The van der Waals surface area contributed by atoms with Crippen molar-refractivity contribution in [1.82, 2.24) is 4.98 Å². The van der Waals surface area contributed by atoms with Gasteiger partial charge in [0.05, 0.1) is 11.6 Å². The topological polar surface area (TPSA) is 39.9 Å². The second kappa shape index (κ2) is 5.94. The summed E-state index contributed by atoms with van der Waals surface area (Å²) in [5.41, 5.74) is 1.92. The summed E-state index contributed by atoms with van der Waals surface area (Å²) >= 11 is 0. The molecule has 3 rings (SSSR count). The van der Waals surface area contributed by atoms with Crippen molar-refractivity contribution in [1.29, 1.82) is 5.26 Å². The average Bonchev–Trinajstić information content (AvgIpc) is 2.55. The van der Waals surface area contributed by atoms with E-state index in [0.717, 1.165) is 23.3 Å². The van der Waals surface area contributed by atoms with Crippen molar-refractivity contribution in [2.24, 2.45) is 0 Å². The number of benzene rings is 1. The number of halogens is 2. The van der Waals surface area contributed by atoms with E-state index >= 15 is 0 Å². The van der Waals surface area contributed by atoms with Gasteiger partial charge in [-0.15, -0.1) is 0 Å². The molecule has 1 aromatic carbocycles. The Bertz CT molecular complexity index is 740. The Hall–Kier alpha value is -2.74. The Morgan fingerprint density at radius 3 is 2.45 bits per heavy atom. The minimum Gasteiger partial charge on any atom is -0.362 e. The molecule has 0 N–H and O–H groups in total. The van der Waals surface area contributed by atoms with Gasteiger partial charge in [-0.05, 0) is 41.8 Å². The molecule has 0 bridgehead atoms. The van der Waals surface area contributed by atoms with Crippen LogP contribution in [0.2, 0.25) is 0 Å². The van der Waals surface area contributed by atoms with Crippen molar-refractivity contribution in [2.75, 3.05) is 18.0 Å². The number of aromatic nitrogens is 1. The summed E-state index contributed by atoms with van der Waals surface area (Å²) < 4.78 is 28.3. The highest BCUT2D eigenvalue weighted by molar-refractivity contribution is 5.71. The number of nitrogens with zero attached hydrogens (tertiary/aromatic N) is 3. The fourth-order valence-electron chi connectivity index (χ4n) is 2.64. The zero-order valence-electron chi connectivity index (χ0n) is 11.8. The van der Waals surface area contributed by atoms with Gasteiger partial charge in [0.2, 0.25) is 0 Å². The van der Waals surface area contributed by atoms with E-state index in [-0.39, 0.29) is 11.3 Å². The third-order valence-electron chi connectivity index (χ3n) is 3.66. The van der Waals surface area contributed by atoms with Gasteiger partial charge in [-0.1, -0.05) is 6.08 Å². The first kappa shape index (κ1) is 14.2. The first-order chi connectivity index (χ1) is 10.7. The van der Waals surface area contributed by atoms with Crippen LogP contribution in [-0.4, -0.2) is 18.1 Å². The highest BCUT2D eigenvalue weighted by Gasteiger charge is 2.21. The SMILES string of the molecule is N#Cc1cc(F)c(N2CCC=C(c3ccncc3)C2)c(F)c1. The Morgan fingerprint density at radius 2 is 1.82 bits per heavy atom. The molecule has 2 aromatic rings. The number of pyridine rings is 1. The van der Waals surface area contributed by atoms with Gasteiger partial charge in [0.1, 0.15) is 5.69 Å². The predicted molar refractivity (Wildman–Crippen MR) is 80.1 cm³/mol. The molecule has 110 valence electrons. The maximum Gasteiger partial charge on any atom is 0.150 e. The van der Waals surface area contributed by atoms with E-state index in [1.54, 1.807) is 23.4 Å². The van der Waals surface area contributed by atoms with Crippen LogP contribution < -0.4 is 4.90 Å². The minimum absolute atomic E-state index is 0.0133. The lowest BCUT2D eigenvalue weighted by atomic mass is 10.0. The maximum absolute atomic E-state index is 14.1. The van der Waals surface area contributed by atoms with Gasteiger partial charge in [0.15, 0.2) is 11.6 Å². The van der Waals surface area contributed by atoms with Gasteiger partial charge in [-0.2, -0.15) is 5.26 Å². The smallest absolute Gasteiger partial charge is 0.150 e. The second-order valence-corrected chi connectivity index (χ2v) is 5.08. The molecule has 0 aliphatic carbocycles. The van der Waals surface area contributed by atoms with E-state index in [9.17, 15) is 8.78 Å². The van der Waals surface area contributed by atoms with Crippen LogP contribution in [0, 0.1) is 23.0 Å². The van der Waals surface area contributed by atoms with E-state index in [0.29, 0.717) is 19.5 Å². The van der Waals surface area contributed by atoms with Gasteiger partial charge in [-0.25, -0.2) is 8.78 Å². The Balaban J connectivity index is 1.92. The highest BCUT2D eigenvalue weighted by Crippen LogP contribution is 2.30. The lowest BCUT2D eigenvalue weighted by molar-refractivity contribution is 0.572. The predicted octanol–water partition coefficient (Wildman–Crippen LogP) is 3.53. The third kappa shape index (κ3) is 2.68. The van der Waals surface area contributed by atoms with Crippen LogP contribution in [0.5, 0.6) is 0 Å². The van der Waals surface area contributed by atoms with Gasteiger partial charge in [0, 0.05) is 25.5 Å². The molecule has 0 atom stereocenters. The van der Waals surface area contributed by atoms with Crippen LogP contribution in [-0.2, 0) is 0 Å². The monoisotopic (exact) mass is 297 g/mol. The molecule has 0 saturated heterocycles. The molecule has 5 heteroatoms. The van der Waals surface area contributed by atoms with Crippen molar-refractivity contribution < 1.29 is 8.78 Å². The molecule has 1 aliphatic heterocycles. The number of hydrogen-bond donors (Lipinski definition) is 0. The summed E-state index contributed by atoms with van der Waals surface area (Å²) in [6.07, 6.45) is 6.16. The molecule has 22 heavy (non-hydrogen) atoms. The van der Waals surface area contributed by atoms with Crippen molar-refractivity contribution in [3.05, 3.63) is 65.5 Å². The summed E-state index contributed by atoms with van der Waals surface area (Å²) in [5, 5.41) is 8.77. The molecule has 0 amide bonds.